The van der Waals surface area contributed by atoms with E-state index in [1.165, 1.54) is 25.7 Å². The predicted octanol–water partition coefficient (Wildman–Crippen LogP) is 5.91. The highest BCUT2D eigenvalue weighted by Gasteiger charge is 2.25. The lowest BCUT2D eigenvalue weighted by Crippen LogP contribution is -2.34. The largest absolute Gasteiger partial charge is 0.460 e. The lowest BCUT2D eigenvalue weighted by Gasteiger charge is -2.22. The Morgan fingerprint density at radius 1 is 0.857 bits per heavy atom. The molecule has 2 amide bonds. The molecule has 7 heteroatoms. The number of carbonyl (C=O) groups excluding carboxylic acids is 3. The lowest BCUT2D eigenvalue weighted by atomic mass is 9.97. The molecule has 7 nitrogen and oxygen atoms in total. The van der Waals surface area contributed by atoms with Gasteiger partial charge >= 0.3 is 12.1 Å². The van der Waals surface area contributed by atoms with Gasteiger partial charge < -0.3 is 20.1 Å². The van der Waals surface area contributed by atoms with Crippen LogP contribution in [0.5, 0.6) is 0 Å². The molecule has 0 aliphatic carbocycles. The van der Waals surface area contributed by atoms with Crippen molar-refractivity contribution in [3.05, 3.63) is 35.9 Å². The van der Waals surface area contributed by atoms with E-state index >= 15 is 0 Å². The van der Waals surface area contributed by atoms with Gasteiger partial charge in [-0.05, 0) is 45.6 Å². The minimum absolute atomic E-state index is 0.0617. The normalized spacial score (nSPS) is 12.0. The van der Waals surface area contributed by atoms with Crippen LogP contribution in [0.15, 0.2) is 30.3 Å². The predicted molar refractivity (Wildman–Crippen MR) is 139 cm³/mol. The molecule has 0 spiro atoms. The zero-order chi connectivity index (χ0) is 25.9. The molecule has 0 radical (unpaired) electrons. The minimum atomic E-state index is -0.583. The van der Waals surface area contributed by atoms with Gasteiger partial charge in [-0.15, -0.1) is 0 Å². The van der Waals surface area contributed by atoms with Crippen LogP contribution in [0, 0.1) is 5.92 Å². The first-order chi connectivity index (χ1) is 16.7. The summed E-state index contributed by atoms with van der Waals surface area (Å²) in [5.74, 6) is -0.894. The van der Waals surface area contributed by atoms with Crippen molar-refractivity contribution in [1.29, 1.82) is 0 Å². The van der Waals surface area contributed by atoms with Crippen molar-refractivity contribution >= 4 is 18.0 Å². The van der Waals surface area contributed by atoms with Crippen LogP contribution in [0.4, 0.5) is 4.79 Å². The second-order valence-corrected chi connectivity index (χ2v) is 10.0. The van der Waals surface area contributed by atoms with Gasteiger partial charge in [0.1, 0.15) is 12.2 Å². The van der Waals surface area contributed by atoms with E-state index in [9.17, 15) is 14.4 Å². The molecule has 0 saturated carbocycles. The summed E-state index contributed by atoms with van der Waals surface area (Å²) in [5.41, 5.74) is 0.347. The van der Waals surface area contributed by atoms with E-state index in [1.54, 1.807) is 0 Å². The Balaban J connectivity index is 2.36. The average molecular weight is 491 g/mol. The number of carbonyl (C=O) groups is 3. The van der Waals surface area contributed by atoms with Crippen molar-refractivity contribution in [2.45, 2.75) is 104 Å². The number of alkyl carbamates (subject to hydrolysis) is 1. The fourth-order valence-electron chi connectivity index (χ4n) is 3.65. The molecule has 0 heterocycles. The maximum Gasteiger partial charge on any atom is 0.407 e. The van der Waals surface area contributed by atoms with Crippen LogP contribution in [0.1, 0.15) is 97.5 Å². The average Bonchev–Trinajstić information content (AvgIpc) is 2.80. The summed E-state index contributed by atoms with van der Waals surface area (Å²) in [6, 6.07) is 9.50. The van der Waals surface area contributed by atoms with Crippen LogP contribution in [0.25, 0.3) is 0 Å². The molecule has 0 aromatic heterocycles. The summed E-state index contributed by atoms with van der Waals surface area (Å²) in [6.07, 6.45) is 8.49. The molecule has 35 heavy (non-hydrogen) atoms. The summed E-state index contributed by atoms with van der Waals surface area (Å²) in [7, 11) is 0. The number of rotatable bonds is 17. The van der Waals surface area contributed by atoms with Gasteiger partial charge in [0.25, 0.3) is 0 Å². The first-order valence-corrected chi connectivity index (χ1v) is 13.2. The summed E-state index contributed by atoms with van der Waals surface area (Å²) in [4.78, 5) is 37.0. The fourth-order valence-corrected chi connectivity index (χ4v) is 3.65. The summed E-state index contributed by atoms with van der Waals surface area (Å²) in [6.45, 7) is 8.96. The van der Waals surface area contributed by atoms with Gasteiger partial charge in [-0.3, -0.25) is 9.59 Å². The monoisotopic (exact) mass is 490 g/mol. The number of unbranched alkanes of at least 4 members (excludes halogenated alkanes) is 6. The number of esters is 1. The number of nitrogens with one attached hydrogen (secondary N) is 2. The second-order valence-electron chi connectivity index (χ2n) is 10.0. The van der Waals surface area contributed by atoms with E-state index < -0.39 is 17.6 Å². The SMILES string of the molecule is CCCCCCCCNC(=O)[C@H](CCCCNC(=O)OCc1ccccc1)CC(=O)OC(C)(C)C. The van der Waals surface area contributed by atoms with Crippen LogP contribution in [-0.4, -0.2) is 36.7 Å². The number of hydrogen-bond acceptors (Lipinski definition) is 5. The van der Waals surface area contributed by atoms with E-state index in [2.05, 4.69) is 17.6 Å². The highest BCUT2D eigenvalue weighted by Crippen LogP contribution is 2.17. The van der Waals surface area contributed by atoms with Crippen molar-refractivity contribution in [2.75, 3.05) is 13.1 Å². The Morgan fingerprint density at radius 2 is 1.49 bits per heavy atom. The van der Waals surface area contributed by atoms with Crippen molar-refractivity contribution in [3.63, 3.8) is 0 Å². The van der Waals surface area contributed by atoms with Crippen LogP contribution >= 0.6 is 0 Å². The lowest BCUT2D eigenvalue weighted by molar-refractivity contribution is -0.157. The molecule has 1 rings (SSSR count). The van der Waals surface area contributed by atoms with Crippen molar-refractivity contribution in [3.8, 4) is 0 Å². The zero-order valence-corrected chi connectivity index (χ0v) is 22.2. The number of ether oxygens (including phenoxy) is 2. The third kappa shape index (κ3) is 16.7. The third-order valence-electron chi connectivity index (χ3n) is 5.49. The van der Waals surface area contributed by atoms with Crippen LogP contribution in [-0.2, 0) is 25.7 Å². The smallest absolute Gasteiger partial charge is 0.407 e. The molecular weight excluding hydrogens is 444 g/mol. The second kappa shape index (κ2) is 17.8. The van der Waals surface area contributed by atoms with Gasteiger partial charge in [0.2, 0.25) is 5.91 Å². The first-order valence-electron chi connectivity index (χ1n) is 13.2. The maximum atomic E-state index is 12.8. The van der Waals surface area contributed by atoms with Crippen molar-refractivity contribution < 1.29 is 23.9 Å². The minimum Gasteiger partial charge on any atom is -0.460 e. The Morgan fingerprint density at radius 3 is 2.17 bits per heavy atom. The quantitative estimate of drug-likeness (QED) is 0.209. The van der Waals surface area contributed by atoms with Gasteiger partial charge in [-0.25, -0.2) is 4.79 Å². The Kier molecular flexibility index (Phi) is 15.5. The van der Waals surface area contributed by atoms with Crippen LogP contribution in [0.3, 0.4) is 0 Å². The van der Waals surface area contributed by atoms with E-state index in [4.69, 9.17) is 9.47 Å². The molecule has 0 aliphatic rings. The zero-order valence-electron chi connectivity index (χ0n) is 22.2. The van der Waals surface area contributed by atoms with Gasteiger partial charge in [-0.2, -0.15) is 0 Å². The highest BCUT2D eigenvalue weighted by molar-refractivity contribution is 5.83. The van der Waals surface area contributed by atoms with E-state index in [0.29, 0.717) is 32.4 Å². The molecular formula is C28H46N2O5. The standard InChI is InChI=1S/C28H46N2O5/c1-5-6-7-8-9-14-19-29-26(32)24(21-25(31)35-28(2,3)4)18-13-15-20-30-27(33)34-22-23-16-11-10-12-17-23/h10-12,16-17,24H,5-9,13-15,18-22H2,1-4H3,(H,29,32)(H,30,33)/t24-/m1/s1. The third-order valence-corrected chi connectivity index (χ3v) is 5.49. The molecule has 0 fully saturated rings. The van der Waals surface area contributed by atoms with Crippen molar-refractivity contribution in [2.24, 2.45) is 5.92 Å². The molecule has 1 aromatic rings. The molecule has 0 aliphatic heterocycles. The number of hydrogen-bond donors (Lipinski definition) is 2. The Bertz CT molecular complexity index is 731. The molecule has 0 saturated heterocycles. The van der Waals surface area contributed by atoms with Gasteiger partial charge in [0.15, 0.2) is 0 Å². The molecule has 1 atom stereocenters. The Labute approximate surface area is 211 Å². The fraction of sp³-hybridized carbons (Fsp3) is 0.679. The maximum absolute atomic E-state index is 12.8. The number of benzene rings is 1. The van der Waals surface area contributed by atoms with Crippen molar-refractivity contribution in [1.82, 2.24) is 10.6 Å². The summed E-state index contributed by atoms with van der Waals surface area (Å²) >= 11 is 0. The van der Waals surface area contributed by atoms with E-state index in [1.807, 2.05) is 51.1 Å². The highest BCUT2D eigenvalue weighted by atomic mass is 16.6. The topological polar surface area (TPSA) is 93.7 Å². The molecule has 1 aromatic carbocycles. The summed E-state index contributed by atoms with van der Waals surface area (Å²) in [5, 5.41) is 5.73. The van der Waals surface area contributed by atoms with Crippen LogP contribution < -0.4 is 10.6 Å². The summed E-state index contributed by atoms with van der Waals surface area (Å²) < 4.78 is 10.6. The van der Waals surface area contributed by atoms with Gasteiger partial charge in [0, 0.05) is 19.0 Å². The number of amides is 2. The van der Waals surface area contributed by atoms with E-state index in [0.717, 1.165) is 18.4 Å². The van der Waals surface area contributed by atoms with Crippen LogP contribution in [0.2, 0.25) is 0 Å². The molecule has 2 N–H and O–H groups in total. The molecule has 0 unspecified atom stereocenters. The molecule has 0 bridgehead atoms. The molecule has 198 valence electrons. The van der Waals surface area contributed by atoms with Gasteiger partial charge in [-0.1, -0.05) is 75.8 Å². The van der Waals surface area contributed by atoms with Gasteiger partial charge in [0.05, 0.1) is 6.42 Å². The first kappa shape index (κ1) is 30.5. The Hall–Kier alpha value is -2.57. The van der Waals surface area contributed by atoms with E-state index in [-0.39, 0.29) is 24.9 Å².